The van der Waals surface area contributed by atoms with Crippen molar-refractivity contribution in [1.82, 2.24) is 5.32 Å². The van der Waals surface area contributed by atoms with Crippen LogP contribution in [0, 0.1) is 0 Å². The molecular formula is C25H44N2O2. The summed E-state index contributed by atoms with van der Waals surface area (Å²) in [6.45, 7) is 5.61. The third kappa shape index (κ3) is 14.9. The molecule has 0 radical (unpaired) electrons. The highest BCUT2D eigenvalue weighted by Crippen LogP contribution is 2.15. The van der Waals surface area contributed by atoms with E-state index in [0.29, 0.717) is 6.61 Å². The number of anilines is 1. The smallest absolute Gasteiger partial charge is 0.319 e. The molecular weight excluding hydrogens is 360 g/mol. The highest BCUT2D eigenvalue weighted by molar-refractivity contribution is 5.89. The van der Waals surface area contributed by atoms with E-state index in [-0.39, 0.29) is 6.03 Å². The Balaban J connectivity index is 1.86. The zero-order valence-electron chi connectivity index (χ0n) is 18.9. The van der Waals surface area contributed by atoms with Gasteiger partial charge >= 0.3 is 6.03 Å². The summed E-state index contributed by atoms with van der Waals surface area (Å²) in [5, 5.41) is 5.79. The normalized spacial score (nSPS) is 10.7. The predicted molar refractivity (Wildman–Crippen MR) is 125 cm³/mol. The summed E-state index contributed by atoms with van der Waals surface area (Å²) in [6.07, 6.45) is 18.9. The second kappa shape index (κ2) is 18.3. The number of hydrogen-bond acceptors (Lipinski definition) is 2. The van der Waals surface area contributed by atoms with E-state index >= 15 is 0 Å². The van der Waals surface area contributed by atoms with Crippen molar-refractivity contribution in [3.63, 3.8) is 0 Å². The minimum atomic E-state index is -0.135. The molecule has 0 aliphatic heterocycles. The highest BCUT2D eigenvalue weighted by atomic mass is 16.5. The Bertz CT molecular complexity index is 502. The van der Waals surface area contributed by atoms with E-state index in [1.807, 2.05) is 31.2 Å². The van der Waals surface area contributed by atoms with Crippen LogP contribution >= 0.6 is 0 Å². The minimum absolute atomic E-state index is 0.135. The molecule has 1 aromatic rings. The van der Waals surface area contributed by atoms with Gasteiger partial charge in [0.2, 0.25) is 0 Å². The van der Waals surface area contributed by atoms with E-state index in [1.54, 1.807) is 0 Å². The lowest BCUT2D eigenvalue weighted by Gasteiger charge is -2.09. The number of amides is 2. The molecule has 4 heteroatoms. The summed E-state index contributed by atoms with van der Waals surface area (Å²) in [5.41, 5.74) is 0.784. The second-order valence-electron chi connectivity index (χ2n) is 7.93. The Morgan fingerprint density at radius 2 is 1.21 bits per heavy atom. The van der Waals surface area contributed by atoms with E-state index in [0.717, 1.165) is 24.4 Å². The van der Waals surface area contributed by atoms with E-state index in [2.05, 4.69) is 17.6 Å². The van der Waals surface area contributed by atoms with Crippen LogP contribution in [-0.4, -0.2) is 19.2 Å². The number of urea groups is 1. The molecule has 1 rings (SSSR count). The Morgan fingerprint density at radius 1 is 0.724 bits per heavy atom. The Morgan fingerprint density at radius 3 is 1.69 bits per heavy atom. The molecule has 2 amide bonds. The number of carbonyl (C=O) groups excluding carboxylic acids is 1. The largest absolute Gasteiger partial charge is 0.494 e. The topological polar surface area (TPSA) is 50.4 Å². The quantitative estimate of drug-likeness (QED) is 0.246. The molecule has 4 nitrogen and oxygen atoms in total. The molecule has 0 bridgehead atoms. The van der Waals surface area contributed by atoms with E-state index in [4.69, 9.17) is 4.74 Å². The molecule has 2 N–H and O–H groups in total. The van der Waals surface area contributed by atoms with E-state index in [9.17, 15) is 4.79 Å². The summed E-state index contributed by atoms with van der Waals surface area (Å²) in [5.74, 6) is 0.820. The second-order valence-corrected chi connectivity index (χ2v) is 7.93. The Kier molecular flexibility index (Phi) is 16.0. The molecule has 0 aromatic heterocycles. The van der Waals surface area contributed by atoms with Crippen molar-refractivity contribution in [2.24, 2.45) is 0 Å². The van der Waals surface area contributed by atoms with Gasteiger partial charge in [0.25, 0.3) is 0 Å². The van der Waals surface area contributed by atoms with Crippen molar-refractivity contribution >= 4 is 11.7 Å². The molecule has 0 aliphatic rings. The number of unbranched alkanes of at least 4 members (excludes halogenated alkanes) is 13. The van der Waals surface area contributed by atoms with Crippen LogP contribution in [0.5, 0.6) is 5.75 Å². The first kappa shape index (κ1) is 25.3. The average molecular weight is 405 g/mol. The van der Waals surface area contributed by atoms with Gasteiger partial charge in [-0.1, -0.05) is 90.4 Å². The van der Waals surface area contributed by atoms with Crippen LogP contribution in [0.2, 0.25) is 0 Å². The first-order valence-electron chi connectivity index (χ1n) is 12.0. The van der Waals surface area contributed by atoms with Gasteiger partial charge in [-0.05, 0) is 37.6 Å². The fourth-order valence-electron chi connectivity index (χ4n) is 3.50. The molecule has 0 heterocycles. The molecule has 0 fully saturated rings. The van der Waals surface area contributed by atoms with Crippen LogP contribution in [0.15, 0.2) is 24.3 Å². The maximum atomic E-state index is 11.9. The molecule has 0 atom stereocenters. The third-order valence-corrected chi connectivity index (χ3v) is 5.24. The minimum Gasteiger partial charge on any atom is -0.494 e. The van der Waals surface area contributed by atoms with E-state index in [1.165, 1.54) is 83.5 Å². The summed E-state index contributed by atoms with van der Waals surface area (Å²) in [7, 11) is 0. The van der Waals surface area contributed by atoms with Crippen molar-refractivity contribution in [2.75, 3.05) is 18.5 Å². The Labute approximate surface area is 179 Å². The van der Waals surface area contributed by atoms with Gasteiger partial charge in [-0.25, -0.2) is 4.79 Å². The van der Waals surface area contributed by atoms with Crippen molar-refractivity contribution in [1.29, 1.82) is 0 Å². The third-order valence-electron chi connectivity index (χ3n) is 5.24. The van der Waals surface area contributed by atoms with Gasteiger partial charge in [0, 0.05) is 12.2 Å². The summed E-state index contributed by atoms with van der Waals surface area (Å²) in [4.78, 5) is 11.9. The van der Waals surface area contributed by atoms with Crippen molar-refractivity contribution in [2.45, 2.75) is 104 Å². The number of ether oxygens (including phenoxy) is 1. The molecule has 0 saturated carbocycles. The summed E-state index contributed by atoms with van der Waals surface area (Å²) in [6, 6.07) is 7.32. The average Bonchev–Trinajstić information content (AvgIpc) is 2.72. The molecule has 0 aliphatic carbocycles. The number of rotatable bonds is 18. The van der Waals surface area contributed by atoms with Gasteiger partial charge in [0.05, 0.1) is 6.61 Å². The van der Waals surface area contributed by atoms with Gasteiger partial charge in [-0.2, -0.15) is 0 Å². The maximum Gasteiger partial charge on any atom is 0.319 e. The fraction of sp³-hybridized carbons (Fsp3) is 0.720. The predicted octanol–water partition coefficient (Wildman–Crippen LogP) is 7.69. The molecule has 0 spiro atoms. The Hall–Kier alpha value is -1.71. The van der Waals surface area contributed by atoms with Crippen molar-refractivity contribution in [3.05, 3.63) is 24.3 Å². The van der Waals surface area contributed by atoms with Gasteiger partial charge in [0.15, 0.2) is 0 Å². The fourth-order valence-corrected chi connectivity index (χ4v) is 3.50. The molecule has 0 saturated heterocycles. The van der Waals surface area contributed by atoms with Crippen LogP contribution < -0.4 is 15.4 Å². The van der Waals surface area contributed by atoms with Gasteiger partial charge in [0.1, 0.15) is 5.75 Å². The number of nitrogens with one attached hydrogen (secondary N) is 2. The number of carbonyl (C=O) groups is 1. The van der Waals surface area contributed by atoms with Crippen LogP contribution in [0.25, 0.3) is 0 Å². The maximum absolute atomic E-state index is 11.9. The molecule has 0 unspecified atom stereocenters. The van der Waals surface area contributed by atoms with Crippen LogP contribution in [0.1, 0.15) is 104 Å². The lowest BCUT2D eigenvalue weighted by molar-refractivity contribution is 0.252. The lowest BCUT2D eigenvalue weighted by Crippen LogP contribution is -2.29. The first-order valence-corrected chi connectivity index (χ1v) is 12.0. The number of hydrogen-bond donors (Lipinski definition) is 2. The van der Waals surface area contributed by atoms with Crippen LogP contribution in [0.4, 0.5) is 10.5 Å². The highest BCUT2D eigenvalue weighted by Gasteiger charge is 2.01. The molecule has 166 valence electrons. The monoisotopic (exact) mass is 404 g/mol. The van der Waals surface area contributed by atoms with Gasteiger partial charge in [-0.15, -0.1) is 0 Å². The summed E-state index contributed by atoms with van der Waals surface area (Å²) >= 11 is 0. The summed E-state index contributed by atoms with van der Waals surface area (Å²) < 4.78 is 5.40. The van der Waals surface area contributed by atoms with Crippen LogP contribution in [-0.2, 0) is 0 Å². The first-order chi connectivity index (χ1) is 14.3. The van der Waals surface area contributed by atoms with Crippen LogP contribution in [0.3, 0.4) is 0 Å². The zero-order valence-corrected chi connectivity index (χ0v) is 18.9. The SMILES string of the molecule is CCCCCCCCCCCCCCCCNC(=O)Nc1ccc(OCC)cc1. The van der Waals surface area contributed by atoms with E-state index < -0.39 is 0 Å². The molecule has 29 heavy (non-hydrogen) atoms. The lowest BCUT2D eigenvalue weighted by atomic mass is 10.0. The number of benzene rings is 1. The van der Waals surface area contributed by atoms with Crippen molar-refractivity contribution < 1.29 is 9.53 Å². The van der Waals surface area contributed by atoms with Crippen molar-refractivity contribution in [3.8, 4) is 5.75 Å². The van der Waals surface area contributed by atoms with Gasteiger partial charge in [-0.3, -0.25) is 0 Å². The molecule has 1 aromatic carbocycles. The zero-order chi connectivity index (χ0) is 21.0. The van der Waals surface area contributed by atoms with Gasteiger partial charge < -0.3 is 15.4 Å². The standard InChI is InChI=1S/C25H44N2O2/c1-3-5-6-7-8-9-10-11-12-13-14-15-16-17-22-26-25(28)27-23-18-20-24(21-19-23)29-4-2/h18-21H,3-17,22H2,1-2H3,(H2,26,27,28).